The van der Waals surface area contributed by atoms with Crippen LogP contribution in [0.15, 0.2) is 133 Å². The molecule has 1 fully saturated rings. The van der Waals surface area contributed by atoms with E-state index in [2.05, 4.69) is 46.0 Å². The summed E-state index contributed by atoms with van der Waals surface area (Å²) in [5.74, 6) is 0.395. The van der Waals surface area contributed by atoms with Crippen molar-refractivity contribution < 1.29 is 22.3 Å². The number of ketones is 1. The normalized spacial score (nSPS) is 17.5. The number of sulfone groups is 1. The van der Waals surface area contributed by atoms with Gasteiger partial charge in [-0.05, 0) is 84.3 Å². The highest BCUT2D eigenvalue weighted by atomic mass is 32.2. The number of methoxy groups -OCH3 is 1. The molecule has 9 heteroatoms. The van der Waals surface area contributed by atoms with Crippen molar-refractivity contribution in [3.63, 3.8) is 0 Å². The molecule has 5 aromatic carbocycles. The van der Waals surface area contributed by atoms with Crippen LogP contribution in [0.25, 0.3) is 16.5 Å². The van der Waals surface area contributed by atoms with Gasteiger partial charge in [0.2, 0.25) is 0 Å². The number of halogens is 1. The number of carbonyl (C=O) groups is 1. The summed E-state index contributed by atoms with van der Waals surface area (Å²) in [7, 11) is -1.64. The number of benzene rings is 5. The van der Waals surface area contributed by atoms with Gasteiger partial charge in [0.1, 0.15) is 17.1 Å². The molecule has 7 nitrogen and oxygen atoms in total. The SMILES string of the molecule is COc1cccc(F)c1CN1CCC[C@@H](CC(=O)c2ccc3c(c2)c(C2=CCS(=O)(=O)CC2)nn3C(c2ccccc2)(c2ccccc2)c2ccccc2)C1. The summed E-state index contributed by atoms with van der Waals surface area (Å²) in [4.78, 5) is 16.4. The third-order valence-corrected chi connectivity index (χ3v) is 12.7. The summed E-state index contributed by atoms with van der Waals surface area (Å²) in [5.41, 5.74) is 5.65. The Morgan fingerprint density at radius 3 is 2.13 bits per heavy atom. The van der Waals surface area contributed by atoms with Crippen LogP contribution >= 0.6 is 0 Å². The van der Waals surface area contributed by atoms with Gasteiger partial charge in [-0.3, -0.25) is 9.69 Å². The zero-order valence-electron chi connectivity index (χ0n) is 30.9. The van der Waals surface area contributed by atoms with Crippen LogP contribution in [-0.2, 0) is 21.9 Å². The number of hydrogen-bond donors (Lipinski definition) is 0. The molecular formula is C46H44FN3O4S. The molecule has 2 aliphatic heterocycles. The van der Waals surface area contributed by atoms with E-state index in [1.807, 2.05) is 72.8 Å². The third kappa shape index (κ3) is 7.14. The maximum absolute atomic E-state index is 14.8. The zero-order valence-corrected chi connectivity index (χ0v) is 31.7. The molecule has 0 saturated carbocycles. The van der Waals surface area contributed by atoms with Gasteiger partial charge in [0.15, 0.2) is 15.6 Å². The minimum absolute atomic E-state index is 0.0385. The number of aromatic nitrogens is 2. The van der Waals surface area contributed by atoms with Gasteiger partial charge in [-0.25, -0.2) is 17.5 Å². The van der Waals surface area contributed by atoms with Gasteiger partial charge >= 0.3 is 0 Å². The number of likely N-dealkylation sites (tertiary alicyclic amines) is 1. The lowest BCUT2D eigenvalue weighted by Crippen LogP contribution is -2.38. The summed E-state index contributed by atoms with van der Waals surface area (Å²) < 4.78 is 47.5. The highest BCUT2D eigenvalue weighted by molar-refractivity contribution is 7.91. The minimum Gasteiger partial charge on any atom is -0.496 e. The van der Waals surface area contributed by atoms with Crippen LogP contribution in [0.4, 0.5) is 4.39 Å². The van der Waals surface area contributed by atoms with Gasteiger partial charge in [0.25, 0.3) is 0 Å². The molecule has 0 amide bonds. The first-order chi connectivity index (χ1) is 26.8. The summed E-state index contributed by atoms with van der Waals surface area (Å²) in [5, 5.41) is 6.25. The van der Waals surface area contributed by atoms with Crippen LogP contribution in [0.2, 0.25) is 0 Å². The van der Waals surface area contributed by atoms with Crippen molar-refractivity contribution in [3.8, 4) is 5.75 Å². The second-order valence-electron chi connectivity index (χ2n) is 14.7. The van der Waals surface area contributed by atoms with Crippen molar-refractivity contribution in [2.75, 3.05) is 31.7 Å². The Morgan fingerprint density at radius 2 is 1.53 bits per heavy atom. The Hall–Kier alpha value is -5.38. The van der Waals surface area contributed by atoms with Crippen molar-refractivity contribution in [2.45, 2.75) is 37.8 Å². The van der Waals surface area contributed by atoms with Gasteiger partial charge in [-0.2, -0.15) is 5.10 Å². The van der Waals surface area contributed by atoms with Gasteiger partial charge in [0.05, 0.1) is 29.8 Å². The number of piperidine rings is 1. The fourth-order valence-corrected chi connectivity index (χ4v) is 9.68. The molecule has 8 rings (SSSR count). The van der Waals surface area contributed by atoms with E-state index >= 15 is 0 Å². The number of ether oxygens (including phenoxy) is 1. The molecule has 0 unspecified atom stereocenters. The number of fused-ring (bicyclic) bond motifs is 1. The monoisotopic (exact) mass is 753 g/mol. The first kappa shape index (κ1) is 36.6. The molecule has 55 heavy (non-hydrogen) atoms. The van der Waals surface area contributed by atoms with E-state index in [1.165, 1.54) is 6.07 Å². The third-order valence-electron chi connectivity index (χ3n) is 11.2. The van der Waals surface area contributed by atoms with Crippen molar-refractivity contribution in [1.82, 2.24) is 14.7 Å². The van der Waals surface area contributed by atoms with Crippen LogP contribution in [-0.4, -0.2) is 60.6 Å². The Kier molecular flexibility index (Phi) is 10.2. The zero-order chi connectivity index (χ0) is 38.0. The lowest BCUT2D eigenvalue weighted by atomic mass is 9.77. The van der Waals surface area contributed by atoms with Gasteiger partial charge in [0, 0.05) is 36.0 Å². The molecule has 2 aliphatic rings. The number of Topliss-reactive ketones (excluding diaryl/α,β-unsaturated/α-hetero) is 1. The molecule has 0 N–H and O–H groups in total. The summed E-state index contributed by atoms with van der Waals surface area (Å²) in [6, 6.07) is 41.7. The van der Waals surface area contributed by atoms with Gasteiger partial charge in [-0.1, -0.05) is 103 Å². The van der Waals surface area contributed by atoms with Crippen LogP contribution in [0, 0.1) is 11.7 Å². The molecule has 1 atom stereocenters. The number of rotatable bonds is 11. The van der Waals surface area contributed by atoms with Crippen LogP contribution < -0.4 is 4.74 Å². The summed E-state index contributed by atoms with van der Waals surface area (Å²) in [6.07, 6.45) is 4.32. The van der Waals surface area contributed by atoms with E-state index in [1.54, 1.807) is 25.3 Å². The first-order valence-electron chi connectivity index (χ1n) is 18.9. The van der Waals surface area contributed by atoms with Gasteiger partial charge in [-0.15, -0.1) is 0 Å². The quantitative estimate of drug-likeness (QED) is 0.0973. The first-order valence-corrected chi connectivity index (χ1v) is 20.8. The number of carbonyl (C=O) groups excluding carboxylic acids is 1. The van der Waals surface area contributed by atoms with E-state index < -0.39 is 15.4 Å². The van der Waals surface area contributed by atoms with E-state index in [4.69, 9.17) is 9.84 Å². The minimum atomic E-state index is -3.19. The van der Waals surface area contributed by atoms with E-state index in [-0.39, 0.29) is 29.0 Å². The second kappa shape index (κ2) is 15.4. The van der Waals surface area contributed by atoms with Crippen LogP contribution in [0.5, 0.6) is 5.75 Å². The molecule has 1 saturated heterocycles. The molecule has 3 heterocycles. The Morgan fingerprint density at radius 1 is 0.873 bits per heavy atom. The maximum Gasteiger partial charge on any atom is 0.163 e. The Balaban J connectivity index is 1.22. The van der Waals surface area contributed by atoms with Crippen molar-refractivity contribution >= 4 is 32.1 Å². The van der Waals surface area contributed by atoms with E-state index in [0.29, 0.717) is 48.5 Å². The second-order valence-corrected chi connectivity index (χ2v) is 16.9. The molecular weight excluding hydrogens is 710 g/mol. The van der Waals surface area contributed by atoms with Crippen molar-refractivity contribution in [1.29, 1.82) is 0 Å². The van der Waals surface area contributed by atoms with E-state index in [0.717, 1.165) is 52.6 Å². The lowest BCUT2D eigenvalue weighted by molar-refractivity contribution is 0.0911. The lowest BCUT2D eigenvalue weighted by Gasteiger charge is -2.37. The average Bonchev–Trinajstić information content (AvgIpc) is 3.59. The smallest absolute Gasteiger partial charge is 0.163 e. The fraction of sp³-hybridized carbons (Fsp3) is 0.261. The Bertz CT molecular complexity index is 2370. The van der Waals surface area contributed by atoms with Crippen molar-refractivity contribution in [3.05, 3.63) is 173 Å². The maximum atomic E-state index is 14.8. The predicted molar refractivity (Wildman–Crippen MR) is 215 cm³/mol. The number of nitrogens with zero attached hydrogens (tertiary/aromatic N) is 3. The molecule has 0 aliphatic carbocycles. The number of allylic oxidation sites excluding steroid dienone is 1. The molecule has 0 bridgehead atoms. The van der Waals surface area contributed by atoms with E-state index in [9.17, 15) is 17.6 Å². The average molecular weight is 754 g/mol. The largest absolute Gasteiger partial charge is 0.496 e. The highest BCUT2D eigenvalue weighted by Crippen LogP contribution is 2.44. The standard InChI is InChI=1S/C46H44FN3O4S/c1-54-44-21-11-20-41(47)40(44)32-49-26-12-13-33(31-49)29-43(51)35-22-23-42-39(30-35)45(34-24-27-55(52,53)28-25-34)48-50(42)46(36-14-5-2-6-15-36,37-16-7-3-8-17-37)38-18-9-4-10-19-38/h2-11,14-24,30,33H,12-13,25-29,31-32H2,1H3/t33-/m0/s1. The summed E-state index contributed by atoms with van der Waals surface area (Å²) in [6.45, 7) is 1.93. The Labute approximate surface area is 322 Å². The molecule has 6 aromatic rings. The predicted octanol–water partition coefficient (Wildman–Crippen LogP) is 8.71. The highest BCUT2D eigenvalue weighted by Gasteiger charge is 2.41. The molecule has 1 aromatic heterocycles. The fourth-order valence-electron chi connectivity index (χ4n) is 8.53. The molecule has 280 valence electrons. The summed E-state index contributed by atoms with van der Waals surface area (Å²) >= 11 is 0. The molecule has 0 radical (unpaired) electrons. The molecule has 0 spiro atoms. The topological polar surface area (TPSA) is 81.5 Å². The van der Waals surface area contributed by atoms with Crippen molar-refractivity contribution in [2.24, 2.45) is 5.92 Å². The van der Waals surface area contributed by atoms with Gasteiger partial charge < -0.3 is 4.74 Å². The van der Waals surface area contributed by atoms with Crippen LogP contribution in [0.1, 0.15) is 64.0 Å². The van der Waals surface area contributed by atoms with Crippen LogP contribution in [0.3, 0.4) is 0 Å². The number of hydrogen-bond acceptors (Lipinski definition) is 6.